The van der Waals surface area contributed by atoms with E-state index in [0.29, 0.717) is 5.56 Å². The Kier molecular flexibility index (Phi) is 4.42. The number of rotatable bonds is 5. The topological polar surface area (TPSA) is 60.4 Å². The van der Waals surface area contributed by atoms with E-state index in [2.05, 4.69) is 0 Å². The number of hydrogen-bond donors (Lipinski definition) is 0. The lowest BCUT2D eigenvalue weighted by Crippen LogP contribution is -2.05. The first-order valence-electron chi connectivity index (χ1n) is 5.30. The van der Waals surface area contributed by atoms with Crippen molar-refractivity contribution in [1.29, 1.82) is 0 Å². The summed E-state index contributed by atoms with van der Waals surface area (Å²) in [5, 5.41) is 0. The summed E-state index contributed by atoms with van der Waals surface area (Å²) in [7, 11) is -3.44. The molecule has 0 saturated heterocycles. The summed E-state index contributed by atoms with van der Waals surface area (Å²) in [6, 6.07) is 5.20. The van der Waals surface area contributed by atoms with Crippen molar-refractivity contribution in [3.8, 4) is 0 Å². The summed E-state index contributed by atoms with van der Waals surface area (Å²) in [5.74, 6) is -0.00437. The summed E-state index contributed by atoms with van der Waals surface area (Å²) < 4.78 is 26.6. The SMILES string of the molecule is CCc1cc(C(C)=O)ccc1COS(C)(=O)=O. The lowest BCUT2D eigenvalue weighted by molar-refractivity contribution is 0.101. The molecule has 5 heteroatoms. The fraction of sp³-hybridized carbons (Fsp3) is 0.417. The molecule has 0 unspecified atom stereocenters. The van der Waals surface area contributed by atoms with E-state index in [4.69, 9.17) is 4.18 Å². The molecule has 0 N–H and O–H groups in total. The molecule has 0 saturated carbocycles. The van der Waals surface area contributed by atoms with Crippen molar-refractivity contribution in [1.82, 2.24) is 0 Å². The molecular weight excluding hydrogens is 240 g/mol. The first kappa shape index (κ1) is 13.9. The van der Waals surface area contributed by atoms with Crippen LogP contribution in [0.5, 0.6) is 0 Å². The molecule has 0 heterocycles. The van der Waals surface area contributed by atoms with Crippen molar-refractivity contribution in [3.63, 3.8) is 0 Å². The van der Waals surface area contributed by atoms with Gasteiger partial charge in [0.1, 0.15) is 0 Å². The molecule has 1 rings (SSSR count). The van der Waals surface area contributed by atoms with Gasteiger partial charge < -0.3 is 0 Å². The molecule has 0 aliphatic carbocycles. The minimum Gasteiger partial charge on any atom is -0.295 e. The van der Waals surface area contributed by atoms with Crippen LogP contribution < -0.4 is 0 Å². The van der Waals surface area contributed by atoms with Crippen LogP contribution in [0.3, 0.4) is 0 Å². The second-order valence-corrected chi connectivity index (χ2v) is 5.50. The predicted octanol–water partition coefficient (Wildman–Crippen LogP) is 1.93. The van der Waals surface area contributed by atoms with Crippen LogP contribution >= 0.6 is 0 Å². The summed E-state index contributed by atoms with van der Waals surface area (Å²) in [6.07, 6.45) is 1.74. The zero-order chi connectivity index (χ0) is 13.1. The van der Waals surface area contributed by atoms with Crippen LogP contribution in [0.2, 0.25) is 0 Å². The lowest BCUT2D eigenvalue weighted by atomic mass is 10.0. The molecule has 0 aliphatic rings. The molecule has 0 atom stereocenters. The van der Waals surface area contributed by atoms with Crippen LogP contribution in [0.4, 0.5) is 0 Å². The maximum absolute atomic E-state index is 11.2. The van der Waals surface area contributed by atoms with Crippen LogP contribution in [0.25, 0.3) is 0 Å². The maximum atomic E-state index is 11.2. The van der Waals surface area contributed by atoms with Gasteiger partial charge in [0, 0.05) is 5.56 Å². The number of ketones is 1. The third kappa shape index (κ3) is 4.28. The zero-order valence-corrected chi connectivity index (χ0v) is 11.0. The van der Waals surface area contributed by atoms with Gasteiger partial charge in [-0.15, -0.1) is 0 Å². The molecule has 1 aromatic carbocycles. The van der Waals surface area contributed by atoms with Gasteiger partial charge in [0.25, 0.3) is 10.1 Å². The molecule has 0 fully saturated rings. The molecule has 4 nitrogen and oxygen atoms in total. The average Bonchev–Trinajstić information content (AvgIpc) is 2.24. The van der Waals surface area contributed by atoms with Gasteiger partial charge >= 0.3 is 0 Å². The van der Waals surface area contributed by atoms with E-state index in [9.17, 15) is 13.2 Å². The van der Waals surface area contributed by atoms with Crippen LogP contribution in [0.1, 0.15) is 35.3 Å². The number of Topliss-reactive ketones (excluding diaryl/α,β-unsaturated/α-hetero) is 1. The highest BCUT2D eigenvalue weighted by molar-refractivity contribution is 7.85. The Hall–Kier alpha value is -1.20. The lowest BCUT2D eigenvalue weighted by Gasteiger charge is -2.09. The van der Waals surface area contributed by atoms with E-state index >= 15 is 0 Å². The Labute approximate surface area is 102 Å². The molecule has 17 heavy (non-hydrogen) atoms. The third-order valence-electron chi connectivity index (χ3n) is 2.42. The summed E-state index contributed by atoms with van der Waals surface area (Å²) in [5.41, 5.74) is 2.36. The highest BCUT2D eigenvalue weighted by Crippen LogP contribution is 2.15. The molecule has 0 aliphatic heterocycles. The largest absolute Gasteiger partial charge is 0.295 e. The van der Waals surface area contributed by atoms with Gasteiger partial charge in [-0.2, -0.15) is 8.42 Å². The second kappa shape index (κ2) is 5.42. The van der Waals surface area contributed by atoms with Gasteiger partial charge in [-0.05, 0) is 30.5 Å². The first-order valence-corrected chi connectivity index (χ1v) is 7.12. The maximum Gasteiger partial charge on any atom is 0.264 e. The van der Waals surface area contributed by atoms with Crippen LogP contribution in [0.15, 0.2) is 18.2 Å². The van der Waals surface area contributed by atoms with Gasteiger partial charge in [-0.25, -0.2) is 0 Å². The molecule has 0 radical (unpaired) electrons. The Bertz CT molecular complexity index is 517. The standard InChI is InChI=1S/C12H16O4S/c1-4-10-7-11(9(2)13)5-6-12(10)8-16-17(3,14)15/h5-7H,4,8H2,1-3H3. The number of aryl methyl sites for hydroxylation is 1. The van der Waals surface area contributed by atoms with E-state index in [1.165, 1.54) is 6.92 Å². The van der Waals surface area contributed by atoms with Gasteiger partial charge in [-0.1, -0.05) is 19.1 Å². The minimum atomic E-state index is -3.44. The Morgan fingerprint density at radius 3 is 2.41 bits per heavy atom. The minimum absolute atomic E-state index is 0.00437. The highest BCUT2D eigenvalue weighted by Gasteiger charge is 2.08. The molecule has 0 bridgehead atoms. The molecule has 1 aromatic rings. The summed E-state index contributed by atoms with van der Waals surface area (Å²) >= 11 is 0. The fourth-order valence-electron chi connectivity index (χ4n) is 1.49. The van der Waals surface area contributed by atoms with E-state index in [0.717, 1.165) is 23.8 Å². The number of carbonyl (C=O) groups is 1. The van der Waals surface area contributed by atoms with Crippen molar-refractivity contribution in [2.24, 2.45) is 0 Å². The zero-order valence-electron chi connectivity index (χ0n) is 10.2. The summed E-state index contributed by atoms with van der Waals surface area (Å²) in [4.78, 5) is 11.2. The smallest absolute Gasteiger partial charge is 0.264 e. The van der Waals surface area contributed by atoms with Crippen molar-refractivity contribution in [2.75, 3.05) is 6.26 Å². The predicted molar refractivity (Wildman–Crippen MR) is 65.5 cm³/mol. The number of benzene rings is 1. The Morgan fingerprint density at radius 2 is 1.94 bits per heavy atom. The Morgan fingerprint density at radius 1 is 1.29 bits per heavy atom. The van der Waals surface area contributed by atoms with Crippen molar-refractivity contribution in [2.45, 2.75) is 26.9 Å². The van der Waals surface area contributed by atoms with Crippen molar-refractivity contribution < 1.29 is 17.4 Å². The highest BCUT2D eigenvalue weighted by atomic mass is 32.2. The number of hydrogen-bond acceptors (Lipinski definition) is 4. The monoisotopic (exact) mass is 256 g/mol. The van der Waals surface area contributed by atoms with Gasteiger partial charge in [0.15, 0.2) is 5.78 Å². The summed E-state index contributed by atoms with van der Waals surface area (Å²) in [6.45, 7) is 3.46. The van der Waals surface area contributed by atoms with Crippen LogP contribution in [-0.2, 0) is 27.3 Å². The molecular formula is C12H16O4S. The first-order chi connectivity index (χ1) is 7.83. The van der Waals surface area contributed by atoms with Crippen LogP contribution in [-0.4, -0.2) is 20.5 Å². The Balaban J connectivity index is 2.97. The van der Waals surface area contributed by atoms with Crippen molar-refractivity contribution in [3.05, 3.63) is 34.9 Å². The number of carbonyl (C=O) groups excluding carboxylic acids is 1. The average molecular weight is 256 g/mol. The van der Waals surface area contributed by atoms with E-state index < -0.39 is 10.1 Å². The van der Waals surface area contributed by atoms with Gasteiger partial charge in [0.2, 0.25) is 0 Å². The van der Waals surface area contributed by atoms with E-state index in [1.54, 1.807) is 18.2 Å². The molecule has 0 amide bonds. The molecule has 0 spiro atoms. The quantitative estimate of drug-likeness (QED) is 0.596. The van der Waals surface area contributed by atoms with Gasteiger partial charge in [0.05, 0.1) is 12.9 Å². The van der Waals surface area contributed by atoms with E-state index in [-0.39, 0.29) is 12.4 Å². The fourth-order valence-corrected chi connectivity index (χ4v) is 1.83. The van der Waals surface area contributed by atoms with Gasteiger partial charge in [-0.3, -0.25) is 8.98 Å². The second-order valence-electron chi connectivity index (χ2n) is 3.86. The van der Waals surface area contributed by atoms with E-state index in [1.807, 2.05) is 6.92 Å². The molecule has 94 valence electrons. The molecule has 0 aromatic heterocycles. The van der Waals surface area contributed by atoms with Crippen molar-refractivity contribution >= 4 is 15.9 Å². The van der Waals surface area contributed by atoms with Crippen LogP contribution in [0, 0.1) is 0 Å². The third-order valence-corrected chi connectivity index (χ3v) is 2.97. The normalized spacial score (nSPS) is 11.5.